The number of carbonyl (C=O) groups is 1. The first-order chi connectivity index (χ1) is 12.9. The van der Waals surface area contributed by atoms with E-state index in [4.69, 9.17) is 9.72 Å². The number of ether oxygens (including phenoxy) is 1. The molecule has 0 aliphatic heterocycles. The minimum atomic E-state index is -0.391. The molecule has 3 aromatic rings. The number of amides is 1. The molecular formula is C19H22N6O2. The van der Waals surface area contributed by atoms with Gasteiger partial charge in [-0.25, -0.2) is 4.98 Å². The maximum absolute atomic E-state index is 11.8. The lowest BCUT2D eigenvalue weighted by atomic mass is 9.76. The molecule has 27 heavy (non-hydrogen) atoms. The van der Waals surface area contributed by atoms with Crippen molar-refractivity contribution < 1.29 is 9.53 Å². The Hall–Kier alpha value is -3.16. The molecule has 8 nitrogen and oxygen atoms in total. The second-order valence-electron chi connectivity index (χ2n) is 7.25. The Morgan fingerprint density at radius 3 is 2.93 bits per heavy atom. The summed E-state index contributed by atoms with van der Waals surface area (Å²) in [6, 6.07) is 2.54. The zero-order valence-electron chi connectivity index (χ0n) is 15.7. The van der Waals surface area contributed by atoms with E-state index in [-0.39, 0.29) is 11.9 Å². The third-order valence-corrected chi connectivity index (χ3v) is 5.10. The fourth-order valence-corrected chi connectivity index (χ4v) is 3.51. The van der Waals surface area contributed by atoms with Crippen LogP contribution < -0.4 is 4.74 Å². The Morgan fingerprint density at radius 1 is 1.48 bits per heavy atom. The molecule has 3 aromatic heterocycles. The largest absolute Gasteiger partial charge is 0.458 e. The van der Waals surface area contributed by atoms with Gasteiger partial charge in [-0.05, 0) is 13.0 Å². The van der Waals surface area contributed by atoms with E-state index in [2.05, 4.69) is 16.7 Å². The van der Waals surface area contributed by atoms with Crippen LogP contribution in [-0.4, -0.2) is 53.6 Å². The average Bonchev–Trinajstić information content (AvgIpc) is 3.26. The van der Waals surface area contributed by atoms with Crippen LogP contribution in [0.1, 0.15) is 19.8 Å². The standard InChI is InChI=1S/C19H22N6O2/c1-5-17(26)24(4)14-9-19(2,10-14)27-18-22-15(13-11-21-23(3)12-13)8-16-20-6-7-25(16)18/h5-8,11-12,14H,1,9-10H2,2-4H3. The van der Waals surface area contributed by atoms with Crippen molar-refractivity contribution in [2.45, 2.75) is 31.4 Å². The summed E-state index contributed by atoms with van der Waals surface area (Å²) in [6.45, 7) is 5.58. The molecule has 0 N–H and O–H groups in total. The van der Waals surface area contributed by atoms with Crippen molar-refractivity contribution in [3.05, 3.63) is 43.5 Å². The molecule has 1 aliphatic rings. The van der Waals surface area contributed by atoms with E-state index in [1.807, 2.05) is 36.8 Å². The quantitative estimate of drug-likeness (QED) is 0.646. The molecule has 1 saturated carbocycles. The summed E-state index contributed by atoms with van der Waals surface area (Å²) in [5.74, 6) is -0.0734. The predicted molar refractivity (Wildman–Crippen MR) is 100 cm³/mol. The number of carbonyl (C=O) groups excluding carboxylic acids is 1. The Labute approximate surface area is 157 Å². The second-order valence-corrected chi connectivity index (χ2v) is 7.25. The van der Waals surface area contributed by atoms with Gasteiger partial charge in [0, 0.05) is 63.2 Å². The minimum Gasteiger partial charge on any atom is -0.458 e. The maximum Gasteiger partial charge on any atom is 0.303 e. The van der Waals surface area contributed by atoms with Crippen LogP contribution in [0, 0.1) is 0 Å². The summed E-state index contributed by atoms with van der Waals surface area (Å²) in [7, 11) is 3.66. The van der Waals surface area contributed by atoms with Crippen molar-refractivity contribution in [1.82, 2.24) is 29.0 Å². The van der Waals surface area contributed by atoms with E-state index in [1.165, 1.54) is 6.08 Å². The number of fused-ring (bicyclic) bond motifs is 1. The Bertz CT molecular complexity index is 1010. The van der Waals surface area contributed by atoms with E-state index in [0.29, 0.717) is 6.01 Å². The highest BCUT2D eigenvalue weighted by molar-refractivity contribution is 5.87. The van der Waals surface area contributed by atoms with Crippen LogP contribution in [-0.2, 0) is 11.8 Å². The molecule has 3 heterocycles. The topological polar surface area (TPSA) is 77.6 Å². The van der Waals surface area contributed by atoms with Crippen LogP contribution in [0.15, 0.2) is 43.5 Å². The van der Waals surface area contributed by atoms with E-state index in [0.717, 1.165) is 29.7 Å². The van der Waals surface area contributed by atoms with Crippen LogP contribution >= 0.6 is 0 Å². The van der Waals surface area contributed by atoms with Crippen LogP contribution in [0.5, 0.6) is 6.01 Å². The van der Waals surface area contributed by atoms with Crippen molar-refractivity contribution in [3.8, 4) is 17.3 Å². The molecule has 0 radical (unpaired) electrons. The number of nitrogens with zero attached hydrogens (tertiary/aromatic N) is 6. The van der Waals surface area contributed by atoms with Crippen LogP contribution in [0.4, 0.5) is 0 Å². The molecule has 4 rings (SSSR count). The Kier molecular flexibility index (Phi) is 3.98. The number of hydrogen-bond acceptors (Lipinski definition) is 5. The number of aromatic nitrogens is 5. The van der Waals surface area contributed by atoms with Gasteiger partial charge in [0.1, 0.15) is 11.2 Å². The SMILES string of the molecule is C=CC(=O)N(C)C1CC(C)(Oc2nc(-c3cnn(C)c3)cc3nccn23)C1. The molecular weight excluding hydrogens is 344 g/mol. The highest BCUT2D eigenvalue weighted by Gasteiger charge is 2.46. The van der Waals surface area contributed by atoms with Crippen molar-refractivity contribution in [1.29, 1.82) is 0 Å². The van der Waals surface area contributed by atoms with Crippen molar-refractivity contribution in [2.75, 3.05) is 7.05 Å². The summed E-state index contributed by atoms with van der Waals surface area (Å²) in [4.78, 5) is 22.6. The maximum atomic E-state index is 11.8. The summed E-state index contributed by atoms with van der Waals surface area (Å²) < 4.78 is 9.86. The lowest BCUT2D eigenvalue weighted by Gasteiger charge is -2.47. The molecule has 140 valence electrons. The Morgan fingerprint density at radius 2 is 2.26 bits per heavy atom. The zero-order chi connectivity index (χ0) is 19.2. The highest BCUT2D eigenvalue weighted by atomic mass is 16.5. The third-order valence-electron chi connectivity index (χ3n) is 5.10. The lowest BCUT2D eigenvalue weighted by molar-refractivity contribution is -0.134. The molecule has 0 bridgehead atoms. The van der Waals surface area contributed by atoms with E-state index < -0.39 is 5.60 Å². The fourth-order valence-electron chi connectivity index (χ4n) is 3.51. The van der Waals surface area contributed by atoms with Gasteiger partial charge < -0.3 is 9.64 Å². The van der Waals surface area contributed by atoms with Crippen molar-refractivity contribution >= 4 is 11.6 Å². The van der Waals surface area contributed by atoms with Gasteiger partial charge >= 0.3 is 6.01 Å². The first kappa shape index (κ1) is 17.3. The molecule has 0 atom stereocenters. The third kappa shape index (κ3) is 3.07. The van der Waals surface area contributed by atoms with Gasteiger partial charge in [0.25, 0.3) is 0 Å². The first-order valence-corrected chi connectivity index (χ1v) is 8.80. The summed E-state index contributed by atoms with van der Waals surface area (Å²) in [5, 5.41) is 4.21. The molecule has 1 amide bonds. The van der Waals surface area contributed by atoms with Crippen LogP contribution in [0.2, 0.25) is 0 Å². The normalized spacial score (nSPS) is 21.7. The zero-order valence-corrected chi connectivity index (χ0v) is 15.7. The van der Waals surface area contributed by atoms with Crippen molar-refractivity contribution in [3.63, 3.8) is 0 Å². The molecule has 0 unspecified atom stereocenters. The van der Waals surface area contributed by atoms with Crippen LogP contribution in [0.3, 0.4) is 0 Å². The lowest BCUT2D eigenvalue weighted by Crippen LogP contribution is -2.56. The van der Waals surface area contributed by atoms with E-state index >= 15 is 0 Å². The summed E-state index contributed by atoms with van der Waals surface area (Å²) in [6.07, 6.45) is 10.0. The molecule has 0 aromatic carbocycles. The van der Waals surface area contributed by atoms with Gasteiger partial charge in [-0.2, -0.15) is 10.1 Å². The van der Waals surface area contributed by atoms with Gasteiger partial charge in [-0.3, -0.25) is 13.9 Å². The average molecular weight is 366 g/mol. The smallest absolute Gasteiger partial charge is 0.303 e. The Balaban J connectivity index is 1.60. The van der Waals surface area contributed by atoms with Gasteiger partial charge in [0.2, 0.25) is 5.91 Å². The monoisotopic (exact) mass is 366 g/mol. The molecule has 1 fully saturated rings. The van der Waals surface area contributed by atoms with E-state index in [1.54, 1.807) is 29.0 Å². The van der Waals surface area contributed by atoms with Crippen molar-refractivity contribution in [2.24, 2.45) is 7.05 Å². The minimum absolute atomic E-state index is 0.0734. The van der Waals surface area contributed by atoms with E-state index in [9.17, 15) is 4.79 Å². The number of aryl methyl sites for hydroxylation is 1. The summed E-state index contributed by atoms with van der Waals surface area (Å²) >= 11 is 0. The van der Waals surface area contributed by atoms with Gasteiger partial charge in [-0.15, -0.1) is 0 Å². The number of likely N-dealkylation sites (N-methyl/N-ethyl adjacent to an activating group) is 1. The number of imidazole rings is 1. The van der Waals surface area contributed by atoms with Gasteiger partial charge in [0.15, 0.2) is 0 Å². The van der Waals surface area contributed by atoms with Gasteiger partial charge in [-0.1, -0.05) is 6.58 Å². The summed E-state index contributed by atoms with van der Waals surface area (Å²) in [5.41, 5.74) is 2.03. The van der Waals surface area contributed by atoms with Crippen LogP contribution in [0.25, 0.3) is 16.9 Å². The predicted octanol–water partition coefficient (Wildman–Crippen LogP) is 2.07. The molecule has 8 heteroatoms. The number of rotatable bonds is 5. The molecule has 0 saturated heterocycles. The fraction of sp³-hybridized carbons (Fsp3) is 0.368. The molecule has 0 spiro atoms. The van der Waals surface area contributed by atoms with Gasteiger partial charge in [0.05, 0.1) is 11.9 Å². The highest BCUT2D eigenvalue weighted by Crippen LogP contribution is 2.39. The second kappa shape index (κ2) is 6.22. The first-order valence-electron chi connectivity index (χ1n) is 8.80. The molecule has 1 aliphatic carbocycles. The number of hydrogen-bond donors (Lipinski definition) is 0.